The van der Waals surface area contributed by atoms with E-state index in [2.05, 4.69) is 17.3 Å². The van der Waals surface area contributed by atoms with Gasteiger partial charge in [-0.1, -0.05) is 6.58 Å². The summed E-state index contributed by atoms with van der Waals surface area (Å²) < 4.78 is 0. The number of carbonyl (C=O) groups is 1. The molecule has 4 N–H and O–H groups in total. The average molecular weight is 171 g/mol. The summed E-state index contributed by atoms with van der Waals surface area (Å²) in [6, 6.07) is 0.184. The highest BCUT2D eigenvalue weighted by molar-refractivity contribution is 5.87. The van der Waals surface area contributed by atoms with Crippen LogP contribution < -0.4 is 16.6 Å². The highest BCUT2D eigenvalue weighted by Crippen LogP contribution is 1.94. The van der Waals surface area contributed by atoms with E-state index in [0.717, 1.165) is 19.4 Å². The second-order valence-corrected chi connectivity index (χ2v) is 2.71. The maximum atomic E-state index is 10.8. The molecule has 0 fully saturated rings. The Morgan fingerprint density at radius 2 is 2.42 bits per heavy atom. The van der Waals surface area contributed by atoms with Crippen LogP contribution in [0.1, 0.15) is 19.8 Å². The third-order valence-electron chi connectivity index (χ3n) is 1.53. The van der Waals surface area contributed by atoms with E-state index in [-0.39, 0.29) is 11.9 Å². The summed E-state index contributed by atoms with van der Waals surface area (Å²) in [5, 5.41) is 2.76. The summed E-state index contributed by atoms with van der Waals surface area (Å²) in [6.07, 6.45) is 3.15. The van der Waals surface area contributed by atoms with Gasteiger partial charge >= 0.3 is 0 Å². The van der Waals surface area contributed by atoms with Gasteiger partial charge in [-0.05, 0) is 25.8 Å². The molecule has 1 amide bonds. The third kappa shape index (κ3) is 5.88. The minimum absolute atomic E-state index is 0.122. The minimum atomic E-state index is -0.122. The van der Waals surface area contributed by atoms with Gasteiger partial charge in [0.05, 0.1) is 0 Å². The predicted molar refractivity (Wildman–Crippen MR) is 49.2 cm³/mol. The molecule has 1 atom stereocenters. The summed E-state index contributed by atoms with van der Waals surface area (Å²) in [4.78, 5) is 10.8. The Bertz CT molecular complexity index is 147. The molecule has 0 aromatic carbocycles. The lowest BCUT2D eigenvalue weighted by Crippen LogP contribution is -2.32. The number of nitrogens with one attached hydrogen (secondary N) is 2. The number of carbonyl (C=O) groups excluding carboxylic acids is 1. The van der Waals surface area contributed by atoms with Crippen LogP contribution in [-0.2, 0) is 4.79 Å². The van der Waals surface area contributed by atoms with Gasteiger partial charge in [0.15, 0.2) is 0 Å². The summed E-state index contributed by atoms with van der Waals surface area (Å²) in [5.74, 6) is 4.97. The molecule has 4 nitrogen and oxygen atoms in total. The van der Waals surface area contributed by atoms with E-state index < -0.39 is 0 Å². The monoisotopic (exact) mass is 171 g/mol. The van der Waals surface area contributed by atoms with Crippen LogP contribution in [0.5, 0.6) is 0 Å². The Labute approximate surface area is 73.2 Å². The van der Waals surface area contributed by atoms with Crippen LogP contribution in [0.25, 0.3) is 0 Å². The van der Waals surface area contributed by atoms with E-state index in [1.807, 2.05) is 6.92 Å². The van der Waals surface area contributed by atoms with E-state index in [1.165, 1.54) is 6.08 Å². The standard InChI is InChI=1S/C8H17N3O/c1-3-8(12)11-7(2)5-4-6-10-9/h3,7,10H,1,4-6,9H2,2H3,(H,11,12). The molecule has 0 aliphatic rings. The number of hydrogen-bond donors (Lipinski definition) is 3. The first-order valence-corrected chi connectivity index (χ1v) is 4.07. The molecule has 4 heteroatoms. The smallest absolute Gasteiger partial charge is 0.243 e. The van der Waals surface area contributed by atoms with Crippen molar-refractivity contribution in [3.63, 3.8) is 0 Å². The van der Waals surface area contributed by atoms with Crippen LogP contribution >= 0.6 is 0 Å². The fourth-order valence-corrected chi connectivity index (χ4v) is 0.884. The second kappa shape index (κ2) is 6.82. The van der Waals surface area contributed by atoms with E-state index in [0.29, 0.717) is 0 Å². The average Bonchev–Trinajstić information content (AvgIpc) is 2.05. The summed E-state index contributed by atoms with van der Waals surface area (Å²) in [6.45, 7) is 6.09. The molecule has 70 valence electrons. The summed E-state index contributed by atoms with van der Waals surface area (Å²) >= 11 is 0. The van der Waals surface area contributed by atoms with Crippen molar-refractivity contribution in [2.75, 3.05) is 6.54 Å². The van der Waals surface area contributed by atoms with Crippen molar-refractivity contribution in [2.24, 2.45) is 5.84 Å². The number of nitrogens with two attached hydrogens (primary N) is 1. The number of amides is 1. The highest BCUT2D eigenvalue weighted by atomic mass is 16.1. The van der Waals surface area contributed by atoms with E-state index in [4.69, 9.17) is 5.84 Å². The maximum absolute atomic E-state index is 10.8. The van der Waals surface area contributed by atoms with Crippen LogP contribution in [0.2, 0.25) is 0 Å². The zero-order valence-electron chi connectivity index (χ0n) is 7.47. The zero-order chi connectivity index (χ0) is 9.40. The second-order valence-electron chi connectivity index (χ2n) is 2.71. The SMILES string of the molecule is C=CC(=O)NC(C)CCCNN. The number of hydrogen-bond acceptors (Lipinski definition) is 3. The van der Waals surface area contributed by atoms with Crippen molar-refractivity contribution in [2.45, 2.75) is 25.8 Å². The van der Waals surface area contributed by atoms with Gasteiger partial charge in [-0.15, -0.1) is 0 Å². The van der Waals surface area contributed by atoms with E-state index in [9.17, 15) is 4.79 Å². The lowest BCUT2D eigenvalue weighted by atomic mass is 10.2. The first-order valence-electron chi connectivity index (χ1n) is 4.07. The fraction of sp³-hybridized carbons (Fsp3) is 0.625. The Morgan fingerprint density at radius 1 is 1.75 bits per heavy atom. The highest BCUT2D eigenvalue weighted by Gasteiger charge is 2.02. The minimum Gasteiger partial charge on any atom is -0.350 e. The van der Waals surface area contributed by atoms with Gasteiger partial charge in [0.2, 0.25) is 5.91 Å². The van der Waals surface area contributed by atoms with Crippen LogP contribution in [0.3, 0.4) is 0 Å². The van der Waals surface area contributed by atoms with Gasteiger partial charge in [0, 0.05) is 12.6 Å². The molecule has 0 aromatic heterocycles. The lowest BCUT2D eigenvalue weighted by molar-refractivity contribution is -0.117. The molecule has 0 aliphatic carbocycles. The Kier molecular flexibility index (Phi) is 6.32. The van der Waals surface area contributed by atoms with Gasteiger partial charge in [0.1, 0.15) is 0 Å². The van der Waals surface area contributed by atoms with Crippen LogP contribution in [-0.4, -0.2) is 18.5 Å². The third-order valence-corrected chi connectivity index (χ3v) is 1.53. The molecule has 0 aliphatic heterocycles. The molecule has 0 radical (unpaired) electrons. The molecular weight excluding hydrogens is 154 g/mol. The van der Waals surface area contributed by atoms with Gasteiger partial charge in [-0.3, -0.25) is 16.1 Å². The quantitative estimate of drug-likeness (QED) is 0.227. The van der Waals surface area contributed by atoms with Crippen LogP contribution in [0.4, 0.5) is 0 Å². The van der Waals surface area contributed by atoms with E-state index in [1.54, 1.807) is 0 Å². The van der Waals surface area contributed by atoms with Crippen LogP contribution in [0, 0.1) is 0 Å². The van der Waals surface area contributed by atoms with Crippen molar-refractivity contribution in [1.82, 2.24) is 10.7 Å². The maximum Gasteiger partial charge on any atom is 0.243 e. The summed E-state index contributed by atoms with van der Waals surface area (Å²) in [5.41, 5.74) is 2.56. The van der Waals surface area contributed by atoms with Gasteiger partial charge < -0.3 is 5.32 Å². The molecule has 0 saturated heterocycles. The largest absolute Gasteiger partial charge is 0.350 e. The molecule has 0 heterocycles. The zero-order valence-corrected chi connectivity index (χ0v) is 7.47. The Hall–Kier alpha value is -0.870. The molecule has 0 rings (SSSR count). The molecule has 1 unspecified atom stereocenters. The van der Waals surface area contributed by atoms with Crippen molar-refractivity contribution in [3.05, 3.63) is 12.7 Å². The topological polar surface area (TPSA) is 67.2 Å². The molecule has 0 spiro atoms. The van der Waals surface area contributed by atoms with Gasteiger partial charge in [-0.2, -0.15) is 0 Å². The lowest BCUT2D eigenvalue weighted by Gasteiger charge is -2.11. The van der Waals surface area contributed by atoms with Crippen molar-refractivity contribution in [1.29, 1.82) is 0 Å². The Morgan fingerprint density at radius 3 is 2.92 bits per heavy atom. The number of hydrazine groups is 1. The molecule has 12 heavy (non-hydrogen) atoms. The first-order chi connectivity index (χ1) is 5.70. The molecule has 0 bridgehead atoms. The molecular formula is C8H17N3O. The van der Waals surface area contributed by atoms with Gasteiger partial charge in [-0.25, -0.2) is 0 Å². The fourth-order valence-electron chi connectivity index (χ4n) is 0.884. The van der Waals surface area contributed by atoms with Gasteiger partial charge in [0.25, 0.3) is 0 Å². The molecule has 0 saturated carbocycles. The Balaban J connectivity index is 3.38. The van der Waals surface area contributed by atoms with Crippen LogP contribution in [0.15, 0.2) is 12.7 Å². The van der Waals surface area contributed by atoms with Crippen molar-refractivity contribution in [3.8, 4) is 0 Å². The molecule has 0 aromatic rings. The number of rotatable bonds is 6. The normalized spacial score (nSPS) is 12.2. The van der Waals surface area contributed by atoms with Crippen molar-refractivity contribution < 1.29 is 4.79 Å². The van der Waals surface area contributed by atoms with E-state index >= 15 is 0 Å². The predicted octanol–water partition coefficient (Wildman–Crippen LogP) is -0.0794. The first kappa shape index (κ1) is 11.1. The van der Waals surface area contributed by atoms with Crippen molar-refractivity contribution >= 4 is 5.91 Å². The summed E-state index contributed by atoms with van der Waals surface area (Å²) in [7, 11) is 0.